The lowest BCUT2D eigenvalue weighted by Gasteiger charge is -2.34. The van der Waals surface area contributed by atoms with Gasteiger partial charge in [-0.3, -0.25) is 4.90 Å². The summed E-state index contributed by atoms with van der Waals surface area (Å²) in [7, 11) is 2.14. The summed E-state index contributed by atoms with van der Waals surface area (Å²) in [4.78, 5) is 2.36. The molecular formula is C15H24BrClN2. The van der Waals surface area contributed by atoms with Crippen LogP contribution in [0.2, 0.25) is 5.02 Å². The van der Waals surface area contributed by atoms with Crippen molar-refractivity contribution in [3.05, 3.63) is 33.3 Å². The van der Waals surface area contributed by atoms with Crippen LogP contribution in [0, 0.1) is 5.92 Å². The molecule has 0 spiro atoms. The summed E-state index contributed by atoms with van der Waals surface area (Å²) >= 11 is 9.59. The van der Waals surface area contributed by atoms with Crippen LogP contribution in [0.5, 0.6) is 0 Å². The van der Waals surface area contributed by atoms with Gasteiger partial charge in [0.2, 0.25) is 0 Å². The molecule has 19 heavy (non-hydrogen) atoms. The zero-order valence-electron chi connectivity index (χ0n) is 12.2. The van der Waals surface area contributed by atoms with Crippen LogP contribution in [-0.4, -0.2) is 24.5 Å². The van der Waals surface area contributed by atoms with Crippen molar-refractivity contribution >= 4 is 27.5 Å². The lowest BCUT2D eigenvalue weighted by atomic mass is 9.99. The molecule has 0 aliphatic rings. The molecule has 2 atom stereocenters. The Hall–Kier alpha value is -0.0900. The number of hydrogen-bond donors (Lipinski definition) is 1. The molecule has 0 radical (unpaired) electrons. The van der Waals surface area contributed by atoms with Gasteiger partial charge in [-0.1, -0.05) is 47.4 Å². The molecule has 1 rings (SSSR count). The second-order valence-electron chi connectivity index (χ2n) is 5.56. The average molecular weight is 348 g/mol. The molecule has 0 saturated carbocycles. The quantitative estimate of drug-likeness (QED) is 0.822. The number of rotatable bonds is 6. The number of nitrogens with zero attached hydrogens (tertiary/aromatic N) is 1. The minimum absolute atomic E-state index is 0.209. The van der Waals surface area contributed by atoms with E-state index in [1.807, 2.05) is 12.1 Å². The van der Waals surface area contributed by atoms with E-state index in [0.29, 0.717) is 18.5 Å². The van der Waals surface area contributed by atoms with E-state index >= 15 is 0 Å². The maximum Gasteiger partial charge on any atom is 0.0481 e. The summed E-state index contributed by atoms with van der Waals surface area (Å²) in [6.07, 6.45) is 1.16. The summed E-state index contributed by atoms with van der Waals surface area (Å²) in [6, 6.07) is 6.62. The predicted molar refractivity (Wildman–Crippen MR) is 87.6 cm³/mol. The molecule has 2 unspecified atom stereocenters. The Kier molecular flexibility index (Phi) is 6.81. The minimum atomic E-state index is 0.209. The van der Waals surface area contributed by atoms with E-state index in [2.05, 4.69) is 54.7 Å². The van der Waals surface area contributed by atoms with E-state index in [4.69, 9.17) is 17.3 Å². The van der Waals surface area contributed by atoms with Crippen molar-refractivity contribution < 1.29 is 0 Å². The van der Waals surface area contributed by atoms with Crippen LogP contribution in [0.1, 0.15) is 38.8 Å². The summed E-state index contributed by atoms with van der Waals surface area (Å²) in [5.41, 5.74) is 7.18. The molecule has 2 N–H and O–H groups in total. The van der Waals surface area contributed by atoms with Gasteiger partial charge in [-0.25, -0.2) is 0 Å². The highest BCUT2D eigenvalue weighted by Gasteiger charge is 2.22. The van der Waals surface area contributed by atoms with E-state index in [1.54, 1.807) is 0 Å². The Bertz CT molecular complexity index is 409. The molecule has 0 fully saturated rings. The van der Waals surface area contributed by atoms with Crippen molar-refractivity contribution in [1.29, 1.82) is 0 Å². The van der Waals surface area contributed by atoms with Crippen LogP contribution in [0.3, 0.4) is 0 Å². The first kappa shape index (κ1) is 17.0. The van der Waals surface area contributed by atoms with Gasteiger partial charge in [-0.2, -0.15) is 0 Å². The Morgan fingerprint density at radius 3 is 2.42 bits per heavy atom. The molecule has 1 aromatic rings. The Morgan fingerprint density at radius 2 is 1.95 bits per heavy atom. The van der Waals surface area contributed by atoms with Crippen molar-refractivity contribution in [1.82, 2.24) is 4.90 Å². The molecule has 2 nitrogen and oxygen atoms in total. The summed E-state index contributed by atoms with van der Waals surface area (Å²) in [5.74, 6) is 0.685. The van der Waals surface area contributed by atoms with Crippen molar-refractivity contribution in [2.24, 2.45) is 11.7 Å². The Balaban J connectivity index is 2.93. The van der Waals surface area contributed by atoms with Crippen LogP contribution in [0.15, 0.2) is 22.7 Å². The number of halogens is 2. The van der Waals surface area contributed by atoms with Crippen LogP contribution in [0.4, 0.5) is 0 Å². The van der Waals surface area contributed by atoms with Crippen molar-refractivity contribution in [2.45, 2.75) is 39.3 Å². The van der Waals surface area contributed by atoms with Crippen molar-refractivity contribution in [2.75, 3.05) is 13.6 Å². The van der Waals surface area contributed by atoms with E-state index < -0.39 is 0 Å². The molecule has 0 amide bonds. The number of benzene rings is 1. The zero-order valence-corrected chi connectivity index (χ0v) is 14.5. The summed E-state index contributed by atoms with van der Waals surface area (Å²) in [6.45, 7) is 7.35. The van der Waals surface area contributed by atoms with Gasteiger partial charge < -0.3 is 5.73 Å². The Labute approximate surface area is 130 Å². The van der Waals surface area contributed by atoms with Gasteiger partial charge in [-0.15, -0.1) is 0 Å². The SMILES string of the molecule is CC(C)CC(C)N(C)C(CN)c1ccc(Cl)cc1Br. The van der Waals surface area contributed by atoms with Gasteiger partial charge in [0.1, 0.15) is 0 Å². The maximum absolute atomic E-state index is 6.00. The zero-order chi connectivity index (χ0) is 14.6. The van der Waals surface area contributed by atoms with Crippen LogP contribution in [0.25, 0.3) is 0 Å². The fourth-order valence-electron chi connectivity index (χ4n) is 2.44. The monoisotopic (exact) mass is 346 g/mol. The third-order valence-corrected chi connectivity index (χ3v) is 4.47. The molecule has 4 heteroatoms. The van der Waals surface area contributed by atoms with Gasteiger partial charge in [0.15, 0.2) is 0 Å². The molecule has 1 aromatic carbocycles. The summed E-state index contributed by atoms with van der Waals surface area (Å²) < 4.78 is 1.03. The van der Waals surface area contributed by atoms with Crippen molar-refractivity contribution in [3.63, 3.8) is 0 Å². The predicted octanol–water partition coefficient (Wildman–Crippen LogP) is 4.47. The molecule has 108 valence electrons. The van der Waals surface area contributed by atoms with Crippen LogP contribution >= 0.6 is 27.5 Å². The molecule has 0 aliphatic carbocycles. The molecule has 0 aromatic heterocycles. The maximum atomic E-state index is 6.00. The van der Waals surface area contributed by atoms with Gasteiger partial charge in [0.05, 0.1) is 0 Å². The highest BCUT2D eigenvalue weighted by molar-refractivity contribution is 9.10. The smallest absolute Gasteiger partial charge is 0.0481 e. The topological polar surface area (TPSA) is 29.3 Å². The summed E-state index contributed by atoms with van der Waals surface area (Å²) in [5, 5.41) is 0.740. The molecule has 0 heterocycles. The van der Waals surface area contributed by atoms with E-state index in [9.17, 15) is 0 Å². The number of hydrogen-bond acceptors (Lipinski definition) is 2. The third kappa shape index (κ3) is 4.75. The second-order valence-corrected chi connectivity index (χ2v) is 6.85. The highest BCUT2D eigenvalue weighted by Crippen LogP contribution is 2.30. The van der Waals surface area contributed by atoms with Gasteiger partial charge in [0, 0.05) is 28.1 Å². The van der Waals surface area contributed by atoms with E-state index in [-0.39, 0.29) is 6.04 Å². The third-order valence-electron chi connectivity index (χ3n) is 3.54. The fraction of sp³-hybridized carbons (Fsp3) is 0.600. The lowest BCUT2D eigenvalue weighted by Crippen LogP contribution is -2.37. The first-order valence-electron chi connectivity index (χ1n) is 6.73. The lowest BCUT2D eigenvalue weighted by molar-refractivity contribution is 0.168. The largest absolute Gasteiger partial charge is 0.329 e. The minimum Gasteiger partial charge on any atom is -0.329 e. The van der Waals surface area contributed by atoms with Crippen molar-refractivity contribution in [3.8, 4) is 0 Å². The van der Waals surface area contributed by atoms with Crippen LogP contribution < -0.4 is 5.73 Å². The number of nitrogens with two attached hydrogens (primary N) is 1. The first-order valence-corrected chi connectivity index (χ1v) is 7.90. The second kappa shape index (κ2) is 7.63. The molecule has 0 saturated heterocycles. The van der Waals surface area contributed by atoms with Gasteiger partial charge in [0.25, 0.3) is 0 Å². The average Bonchev–Trinajstić information content (AvgIpc) is 2.31. The Morgan fingerprint density at radius 1 is 1.32 bits per heavy atom. The van der Waals surface area contributed by atoms with E-state index in [1.165, 1.54) is 5.56 Å². The van der Waals surface area contributed by atoms with Gasteiger partial charge >= 0.3 is 0 Å². The normalized spacial score (nSPS) is 15.0. The standard InChI is InChI=1S/C15H24BrClN2/c1-10(2)7-11(3)19(4)15(9-18)13-6-5-12(17)8-14(13)16/h5-6,8,10-11,15H,7,9,18H2,1-4H3. The highest BCUT2D eigenvalue weighted by atomic mass is 79.9. The first-order chi connectivity index (χ1) is 8.86. The molecule has 0 bridgehead atoms. The number of likely N-dealkylation sites (N-methyl/N-ethyl adjacent to an activating group) is 1. The molecular weight excluding hydrogens is 324 g/mol. The van der Waals surface area contributed by atoms with Crippen LogP contribution in [-0.2, 0) is 0 Å². The van der Waals surface area contributed by atoms with Gasteiger partial charge in [-0.05, 0) is 44.0 Å². The fourth-order valence-corrected chi connectivity index (χ4v) is 3.39. The van der Waals surface area contributed by atoms with E-state index in [0.717, 1.165) is 15.9 Å². The molecule has 0 aliphatic heterocycles.